The number of carbonyl (C=O) groups is 3. The monoisotopic (exact) mass is 345 g/mol. The van der Waals surface area contributed by atoms with Gasteiger partial charge in [-0.3, -0.25) is 9.59 Å². The fourth-order valence-electron chi connectivity index (χ4n) is 3.30. The van der Waals surface area contributed by atoms with Gasteiger partial charge >= 0.3 is 5.97 Å². The summed E-state index contributed by atoms with van der Waals surface area (Å²) in [6.07, 6.45) is 0. The van der Waals surface area contributed by atoms with Crippen LogP contribution in [0.25, 0.3) is 11.1 Å². The Labute approximate surface area is 149 Å². The fourth-order valence-corrected chi connectivity index (χ4v) is 3.30. The van der Waals surface area contributed by atoms with Crippen LogP contribution in [0.1, 0.15) is 49.4 Å². The van der Waals surface area contributed by atoms with E-state index in [9.17, 15) is 14.4 Å². The Morgan fingerprint density at radius 2 is 1.50 bits per heavy atom. The molecule has 0 saturated carbocycles. The van der Waals surface area contributed by atoms with Crippen LogP contribution in [-0.4, -0.2) is 29.1 Å². The number of ketones is 2. The Morgan fingerprint density at radius 3 is 2.15 bits per heavy atom. The number of aromatic nitrogens is 1. The van der Waals surface area contributed by atoms with Gasteiger partial charge in [0.25, 0.3) is 0 Å². The second-order valence-corrected chi connectivity index (χ2v) is 5.92. The molecule has 3 aromatic rings. The molecular formula is C21H15NO4. The maximum Gasteiger partial charge on any atom is 0.355 e. The summed E-state index contributed by atoms with van der Waals surface area (Å²) >= 11 is 0. The third-order valence-electron chi connectivity index (χ3n) is 4.41. The summed E-state index contributed by atoms with van der Waals surface area (Å²) in [7, 11) is 0. The van der Waals surface area contributed by atoms with Gasteiger partial charge in [0.2, 0.25) is 5.78 Å². The predicted octanol–water partition coefficient (Wildman–Crippen LogP) is 3.63. The van der Waals surface area contributed by atoms with E-state index < -0.39 is 5.97 Å². The highest BCUT2D eigenvalue weighted by atomic mass is 16.5. The molecule has 26 heavy (non-hydrogen) atoms. The van der Waals surface area contributed by atoms with Crippen LogP contribution in [0.5, 0.6) is 0 Å². The number of aromatic amines is 1. The lowest BCUT2D eigenvalue weighted by Crippen LogP contribution is -2.20. The van der Waals surface area contributed by atoms with Crippen LogP contribution in [0, 0.1) is 0 Å². The smallest absolute Gasteiger partial charge is 0.355 e. The zero-order chi connectivity index (χ0) is 18.3. The molecule has 0 saturated heterocycles. The molecule has 0 unspecified atom stereocenters. The zero-order valence-corrected chi connectivity index (χ0v) is 14.0. The van der Waals surface area contributed by atoms with Gasteiger partial charge in [0, 0.05) is 16.7 Å². The van der Waals surface area contributed by atoms with E-state index in [1.165, 1.54) is 0 Å². The van der Waals surface area contributed by atoms with Gasteiger partial charge in [0.05, 0.1) is 17.9 Å². The normalized spacial score (nSPS) is 12.5. The standard InChI is InChI=1S/C21H15NO4/c1-2-26-21(25)18-15(12-8-4-3-5-9-12)16-17(22-18)20(24)14-11-7-6-10-13(14)19(16)23/h3-11,22H,2H2,1H3. The second-order valence-electron chi connectivity index (χ2n) is 5.92. The average molecular weight is 345 g/mol. The number of carbonyl (C=O) groups excluding carboxylic acids is 3. The van der Waals surface area contributed by atoms with Crippen molar-refractivity contribution in [1.82, 2.24) is 4.98 Å². The molecule has 1 N–H and O–H groups in total. The van der Waals surface area contributed by atoms with Gasteiger partial charge in [0.1, 0.15) is 5.69 Å². The molecule has 0 spiro atoms. The molecule has 0 radical (unpaired) electrons. The Morgan fingerprint density at radius 1 is 0.885 bits per heavy atom. The van der Waals surface area contributed by atoms with Crippen LogP contribution >= 0.6 is 0 Å². The SMILES string of the molecule is CCOC(=O)c1[nH]c2c(c1-c1ccccc1)C(=O)c1ccccc1C2=O. The molecule has 0 amide bonds. The number of esters is 1. The van der Waals surface area contributed by atoms with Crippen LogP contribution in [0.2, 0.25) is 0 Å². The number of hydrogen-bond acceptors (Lipinski definition) is 4. The topological polar surface area (TPSA) is 76.2 Å². The van der Waals surface area contributed by atoms with E-state index in [4.69, 9.17) is 4.74 Å². The predicted molar refractivity (Wildman–Crippen MR) is 95.5 cm³/mol. The summed E-state index contributed by atoms with van der Waals surface area (Å²) < 4.78 is 5.12. The van der Waals surface area contributed by atoms with Crippen LogP contribution in [0.4, 0.5) is 0 Å². The number of H-pyrrole nitrogens is 1. The maximum atomic E-state index is 13.1. The molecule has 0 bridgehead atoms. The molecule has 0 fully saturated rings. The van der Waals surface area contributed by atoms with Gasteiger partial charge in [-0.15, -0.1) is 0 Å². The molecule has 128 valence electrons. The van der Waals surface area contributed by atoms with Gasteiger partial charge in [0.15, 0.2) is 5.78 Å². The molecule has 2 aromatic carbocycles. The number of rotatable bonds is 3. The van der Waals surface area contributed by atoms with Crippen molar-refractivity contribution in [2.45, 2.75) is 6.92 Å². The van der Waals surface area contributed by atoms with Crippen molar-refractivity contribution < 1.29 is 19.1 Å². The zero-order valence-electron chi connectivity index (χ0n) is 14.0. The number of hydrogen-bond donors (Lipinski definition) is 1. The van der Waals surface area contributed by atoms with Crippen molar-refractivity contribution in [3.63, 3.8) is 0 Å². The van der Waals surface area contributed by atoms with Gasteiger partial charge in [-0.2, -0.15) is 0 Å². The van der Waals surface area contributed by atoms with E-state index in [-0.39, 0.29) is 35.1 Å². The summed E-state index contributed by atoms with van der Waals surface area (Å²) in [4.78, 5) is 41.3. The lowest BCUT2D eigenvalue weighted by atomic mass is 9.85. The first-order valence-corrected chi connectivity index (χ1v) is 8.30. The first kappa shape index (κ1) is 16.0. The summed E-state index contributed by atoms with van der Waals surface area (Å²) in [6.45, 7) is 1.90. The third kappa shape index (κ3) is 2.29. The van der Waals surface area contributed by atoms with Gasteiger partial charge < -0.3 is 9.72 Å². The molecule has 1 aliphatic rings. The summed E-state index contributed by atoms with van der Waals surface area (Å²) in [5.74, 6) is -1.17. The molecule has 0 aliphatic heterocycles. The minimum atomic E-state index is -0.592. The Hall–Kier alpha value is -3.47. The Bertz CT molecular complexity index is 1050. The van der Waals surface area contributed by atoms with Crippen molar-refractivity contribution in [2.24, 2.45) is 0 Å². The van der Waals surface area contributed by atoms with Gasteiger partial charge in [-0.05, 0) is 12.5 Å². The van der Waals surface area contributed by atoms with Crippen molar-refractivity contribution in [3.8, 4) is 11.1 Å². The fraction of sp³-hybridized carbons (Fsp3) is 0.0952. The molecular weight excluding hydrogens is 330 g/mol. The molecule has 5 heteroatoms. The molecule has 1 aliphatic carbocycles. The van der Waals surface area contributed by atoms with Crippen molar-refractivity contribution >= 4 is 17.5 Å². The lowest BCUT2D eigenvalue weighted by molar-refractivity contribution is 0.0521. The number of nitrogens with one attached hydrogen (secondary N) is 1. The van der Waals surface area contributed by atoms with Crippen molar-refractivity contribution in [2.75, 3.05) is 6.61 Å². The first-order chi connectivity index (χ1) is 12.6. The number of fused-ring (bicyclic) bond motifs is 2. The lowest BCUT2D eigenvalue weighted by Gasteiger charge is -2.15. The van der Waals surface area contributed by atoms with E-state index in [0.29, 0.717) is 22.3 Å². The summed E-state index contributed by atoms with van der Waals surface area (Å²) in [6, 6.07) is 15.7. The van der Waals surface area contributed by atoms with Crippen LogP contribution in [0.3, 0.4) is 0 Å². The van der Waals surface area contributed by atoms with E-state index in [1.807, 2.05) is 18.2 Å². The molecule has 1 heterocycles. The van der Waals surface area contributed by atoms with Gasteiger partial charge in [-0.25, -0.2) is 4.79 Å². The number of benzene rings is 2. The van der Waals surface area contributed by atoms with Crippen LogP contribution < -0.4 is 0 Å². The highest BCUT2D eigenvalue weighted by molar-refractivity contribution is 6.31. The van der Waals surface area contributed by atoms with Gasteiger partial charge in [-0.1, -0.05) is 54.6 Å². The number of ether oxygens (including phenoxy) is 1. The molecule has 1 aromatic heterocycles. The van der Waals surface area contributed by atoms with E-state index >= 15 is 0 Å². The van der Waals surface area contributed by atoms with E-state index in [0.717, 1.165) is 0 Å². The van der Waals surface area contributed by atoms with E-state index in [2.05, 4.69) is 4.98 Å². The summed E-state index contributed by atoms with van der Waals surface area (Å²) in [5, 5.41) is 0. The van der Waals surface area contributed by atoms with Crippen LogP contribution in [0.15, 0.2) is 54.6 Å². The minimum absolute atomic E-state index is 0.123. The highest BCUT2D eigenvalue weighted by Crippen LogP contribution is 2.37. The van der Waals surface area contributed by atoms with Crippen molar-refractivity contribution in [3.05, 3.63) is 82.7 Å². The molecule has 0 atom stereocenters. The maximum absolute atomic E-state index is 13.1. The minimum Gasteiger partial charge on any atom is -0.461 e. The Balaban J connectivity index is 2.02. The van der Waals surface area contributed by atoms with E-state index in [1.54, 1.807) is 43.3 Å². The quantitative estimate of drug-likeness (QED) is 0.575. The second kappa shape index (κ2) is 6.11. The van der Waals surface area contributed by atoms with Crippen molar-refractivity contribution in [1.29, 1.82) is 0 Å². The summed E-state index contributed by atoms with van der Waals surface area (Å²) in [5.41, 5.74) is 2.24. The first-order valence-electron chi connectivity index (χ1n) is 8.30. The Kier molecular flexibility index (Phi) is 3.77. The molecule has 4 rings (SSSR count). The average Bonchev–Trinajstić information content (AvgIpc) is 3.08. The van der Waals surface area contributed by atoms with Crippen LogP contribution in [-0.2, 0) is 4.74 Å². The molecule has 5 nitrogen and oxygen atoms in total. The largest absolute Gasteiger partial charge is 0.461 e. The highest BCUT2D eigenvalue weighted by Gasteiger charge is 2.37. The third-order valence-corrected chi connectivity index (χ3v) is 4.41.